The third kappa shape index (κ3) is 4.22. The van der Waals surface area contributed by atoms with E-state index in [9.17, 15) is 0 Å². The number of thiophene rings is 1. The summed E-state index contributed by atoms with van der Waals surface area (Å²) in [6, 6.07) is 2.11. The first kappa shape index (κ1) is 14.3. The minimum absolute atomic E-state index is 0.194. The minimum atomic E-state index is 0.194. The first-order valence-corrected chi connectivity index (χ1v) is 6.91. The second-order valence-electron chi connectivity index (χ2n) is 3.68. The van der Waals surface area contributed by atoms with Crippen molar-refractivity contribution in [2.24, 2.45) is 0 Å². The van der Waals surface area contributed by atoms with Crippen LogP contribution >= 0.6 is 34.5 Å². The lowest BCUT2D eigenvalue weighted by Gasteiger charge is -2.17. The Balaban J connectivity index is 2.46. The molecule has 0 fully saturated rings. The van der Waals surface area contributed by atoms with Crippen LogP contribution < -0.4 is 5.32 Å². The summed E-state index contributed by atoms with van der Waals surface area (Å²) in [5.41, 5.74) is 1.06. The number of hydrogen-bond acceptors (Lipinski definition) is 3. The van der Waals surface area contributed by atoms with Gasteiger partial charge in [-0.15, -0.1) is 11.3 Å². The van der Waals surface area contributed by atoms with Gasteiger partial charge >= 0.3 is 0 Å². The minimum Gasteiger partial charge on any atom is -0.377 e. The standard InChI is InChI=1S/C11H17Cl2NOS/c1-4-15-7(2)6-14-8(3)9-5-10(12)16-11(9)13/h5,7-8,14H,4,6H2,1-3H3. The van der Waals surface area contributed by atoms with E-state index in [1.807, 2.05) is 19.9 Å². The number of rotatable bonds is 6. The summed E-state index contributed by atoms with van der Waals surface area (Å²) < 4.78 is 6.93. The fourth-order valence-corrected chi connectivity index (χ4v) is 3.09. The normalized spacial score (nSPS) is 15.1. The molecule has 2 atom stereocenters. The lowest BCUT2D eigenvalue weighted by atomic mass is 10.2. The predicted octanol–water partition coefficient (Wildman–Crippen LogP) is 4.13. The highest BCUT2D eigenvalue weighted by Crippen LogP contribution is 2.34. The molecule has 0 aliphatic carbocycles. The molecule has 92 valence electrons. The highest BCUT2D eigenvalue weighted by Gasteiger charge is 2.13. The second-order valence-corrected chi connectivity index (χ2v) is 5.96. The van der Waals surface area contributed by atoms with Gasteiger partial charge in [0.05, 0.1) is 14.8 Å². The van der Waals surface area contributed by atoms with Crippen LogP contribution in [-0.4, -0.2) is 19.3 Å². The highest BCUT2D eigenvalue weighted by molar-refractivity contribution is 7.20. The Bertz CT molecular complexity index is 330. The number of ether oxygens (including phenoxy) is 1. The van der Waals surface area contributed by atoms with Gasteiger partial charge in [-0.2, -0.15) is 0 Å². The third-order valence-corrected chi connectivity index (χ3v) is 3.83. The average Bonchev–Trinajstić information content (AvgIpc) is 2.55. The van der Waals surface area contributed by atoms with E-state index in [2.05, 4.69) is 12.2 Å². The fraction of sp³-hybridized carbons (Fsp3) is 0.636. The number of hydrogen-bond donors (Lipinski definition) is 1. The number of halogens is 2. The van der Waals surface area contributed by atoms with Gasteiger partial charge in [0.2, 0.25) is 0 Å². The fourth-order valence-electron chi connectivity index (χ4n) is 1.44. The van der Waals surface area contributed by atoms with Crippen LogP contribution in [0.1, 0.15) is 32.4 Å². The van der Waals surface area contributed by atoms with E-state index in [4.69, 9.17) is 27.9 Å². The van der Waals surface area contributed by atoms with Gasteiger partial charge in [0, 0.05) is 19.2 Å². The molecule has 16 heavy (non-hydrogen) atoms. The van der Waals surface area contributed by atoms with Crippen molar-refractivity contribution in [1.29, 1.82) is 0 Å². The van der Waals surface area contributed by atoms with Gasteiger partial charge in [0.25, 0.3) is 0 Å². The summed E-state index contributed by atoms with van der Waals surface area (Å²) in [7, 11) is 0. The van der Waals surface area contributed by atoms with Crippen LogP contribution in [0.5, 0.6) is 0 Å². The van der Waals surface area contributed by atoms with E-state index in [0.717, 1.165) is 27.4 Å². The molecule has 0 saturated heterocycles. The molecule has 1 aromatic heterocycles. The Morgan fingerprint density at radius 3 is 2.62 bits per heavy atom. The summed E-state index contributed by atoms with van der Waals surface area (Å²) in [6.45, 7) is 7.66. The largest absolute Gasteiger partial charge is 0.377 e. The van der Waals surface area contributed by atoms with Crippen LogP contribution in [0, 0.1) is 0 Å². The molecule has 0 aromatic carbocycles. The molecule has 0 amide bonds. The zero-order valence-electron chi connectivity index (χ0n) is 9.72. The van der Waals surface area contributed by atoms with E-state index in [1.165, 1.54) is 11.3 Å². The van der Waals surface area contributed by atoms with Crippen molar-refractivity contribution in [3.05, 3.63) is 20.3 Å². The first-order valence-electron chi connectivity index (χ1n) is 5.34. The summed E-state index contributed by atoms with van der Waals surface area (Å²) in [4.78, 5) is 0. The zero-order valence-corrected chi connectivity index (χ0v) is 12.0. The molecule has 5 heteroatoms. The molecule has 0 aliphatic rings. The lowest BCUT2D eigenvalue weighted by Crippen LogP contribution is -2.29. The molecule has 1 N–H and O–H groups in total. The number of nitrogens with one attached hydrogen (secondary N) is 1. The first-order chi connectivity index (χ1) is 7.54. The van der Waals surface area contributed by atoms with Gasteiger partial charge < -0.3 is 10.1 Å². The van der Waals surface area contributed by atoms with Gasteiger partial charge in [0.1, 0.15) is 0 Å². The van der Waals surface area contributed by atoms with E-state index < -0.39 is 0 Å². The van der Waals surface area contributed by atoms with Gasteiger partial charge in [-0.3, -0.25) is 0 Å². The Morgan fingerprint density at radius 2 is 2.12 bits per heavy atom. The van der Waals surface area contributed by atoms with E-state index in [1.54, 1.807) is 0 Å². The molecular formula is C11H17Cl2NOS. The molecular weight excluding hydrogens is 265 g/mol. The Kier molecular flexibility index (Phi) is 6.08. The molecule has 0 bridgehead atoms. The van der Waals surface area contributed by atoms with Crippen LogP contribution in [-0.2, 0) is 4.74 Å². The monoisotopic (exact) mass is 281 g/mol. The molecule has 0 spiro atoms. The van der Waals surface area contributed by atoms with Crippen LogP contribution in [0.15, 0.2) is 6.07 Å². The van der Waals surface area contributed by atoms with Gasteiger partial charge in [-0.25, -0.2) is 0 Å². The zero-order chi connectivity index (χ0) is 12.1. The van der Waals surface area contributed by atoms with Crippen molar-refractivity contribution in [3.63, 3.8) is 0 Å². The van der Waals surface area contributed by atoms with Crippen molar-refractivity contribution in [3.8, 4) is 0 Å². The smallest absolute Gasteiger partial charge is 0.0991 e. The topological polar surface area (TPSA) is 21.3 Å². The van der Waals surface area contributed by atoms with E-state index in [0.29, 0.717) is 0 Å². The van der Waals surface area contributed by atoms with Crippen LogP contribution in [0.3, 0.4) is 0 Å². The van der Waals surface area contributed by atoms with E-state index in [-0.39, 0.29) is 12.1 Å². The molecule has 1 rings (SSSR count). The quantitative estimate of drug-likeness (QED) is 0.847. The summed E-state index contributed by atoms with van der Waals surface area (Å²) in [6.07, 6.45) is 0.209. The van der Waals surface area contributed by atoms with Crippen molar-refractivity contribution in [1.82, 2.24) is 5.32 Å². The molecule has 1 aromatic rings. The Hall–Kier alpha value is 0.200. The van der Waals surface area contributed by atoms with Gasteiger partial charge in [-0.1, -0.05) is 23.2 Å². The summed E-state index contributed by atoms with van der Waals surface area (Å²) >= 11 is 13.4. The maximum atomic E-state index is 6.08. The van der Waals surface area contributed by atoms with E-state index >= 15 is 0 Å². The van der Waals surface area contributed by atoms with Gasteiger partial charge in [-0.05, 0) is 32.4 Å². The van der Waals surface area contributed by atoms with Crippen LogP contribution in [0.4, 0.5) is 0 Å². The Morgan fingerprint density at radius 1 is 1.44 bits per heavy atom. The SMILES string of the molecule is CCOC(C)CNC(C)c1cc(Cl)sc1Cl. The van der Waals surface area contributed by atoms with Crippen LogP contribution in [0.25, 0.3) is 0 Å². The predicted molar refractivity (Wildman–Crippen MR) is 71.8 cm³/mol. The van der Waals surface area contributed by atoms with Crippen molar-refractivity contribution < 1.29 is 4.74 Å². The maximum absolute atomic E-state index is 6.08. The molecule has 0 saturated carbocycles. The molecule has 2 nitrogen and oxygen atoms in total. The molecule has 0 radical (unpaired) electrons. The van der Waals surface area contributed by atoms with Crippen molar-refractivity contribution in [2.45, 2.75) is 32.9 Å². The molecule has 0 aliphatic heterocycles. The van der Waals surface area contributed by atoms with Crippen molar-refractivity contribution >= 4 is 34.5 Å². The average molecular weight is 282 g/mol. The maximum Gasteiger partial charge on any atom is 0.0991 e. The Labute approximate surface area is 111 Å². The molecule has 2 unspecified atom stereocenters. The highest BCUT2D eigenvalue weighted by atomic mass is 35.5. The summed E-state index contributed by atoms with van der Waals surface area (Å²) in [5.74, 6) is 0. The summed E-state index contributed by atoms with van der Waals surface area (Å²) in [5, 5.41) is 3.38. The van der Waals surface area contributed by atoms with Crippen molar-refractivity contribution in [2.75, 3.05) is 13.2 Å². The van der Waals surface area contributed by atoms with Gasteiger partial charge in [0.15, 0.2) is 0 Å². The lowest BCUT2D eigenvalue weighted by molar-refractivity contribution is 0.0743. The second kappa shape index (κ2) is 6.82. The molecule has 1 heterocycles. The third-order valence-electron chi connectivity index (χ3n) is 2.31. The van der Waals surface area contributed by atoms with Crippen LogP contribution in [0.2, 0.25) is 8.67 Å².